The van der Waals surface area contributed by atoms with Crippen LogP contribution in [0.15, 0.2) is 52.0 Å². The average Bonchev–Trinajstić information content (AvgIpc) is 3.11. The summed E-state index contributed by atoms with van der Waals surface area (Å²) in [6.45, 7) is 9.44. The van der Waals surface area contributed by atoms with Gasteiger partial charge in [0, 0.05) is 22.2 Å². The van der Waals surface area contributed by atoms with Crippen LogP contribution in [0.5, 0.6) is 5.75 Å². The number of aliphatic imine (C=N–C) groups is 1. The first kappa shape index (κ1) is 23.1. The van der Waals surface area contributed by atoms with Gasteiger partial charge >= 0.3 is 0 Å². The number of nitrogens with zero attached hydrogens (tertiary/aromatic N) is 2. The van der Waals surface area contributed by atoms with E-state index in [2.05, 4.69) is 22.0 Å². The number of amides is 1. The third-order valence-corrected chi connectivity index (χ3v) is 5.71. The SMILES string of the molecule is C=N/C(=C(Cl)\C=C(/C)F)C(C)NC(=O)c1cc(OC2COC2)cc(-c2ncc(C)s2)c1. The highest BCUT2D eigenvalue weighted by Gasteiger charge is 2.22. The van der Waals surface area contributed by atoms with E-state index in [1.165, 1.54) is 18.3 Å². The molecule has 2 heterocycles. The molecule has 1 aromatic carbocycles. The second-order valence-electron chi connectivity index (χ2n) is 7.12. The minimum Gasteiger partial charge on any atom is -0.486 e. The second kappa shape index (κ2) is 10.2. The van der Waals surface area contributed by atoms with Crippen LogP contribution in [0.2, 0.25) is 0 Å². The van der Waals surface area contributed by atoms with E-state index >= 15 is 0 Å². The van der Waals surface area contributed by atoms with Crippen LogP contribution < -0.4 is 10.1 Å². The van der Waals surface area contributed by atoms with Crippen molar-refractivity contribution in [2.24, 2.45) is 4.99 Å². The summed E-state index contributed by atoms with van der Waals surface area (Å²) in [5.74, 6) is -0.273. The number of benzene rings is 1. The Hall–Kier alpha value is -2.55. The van der Waals surface area contributed by atoms with Gasteiger partial charge in [-0.3, -0.25) is 9.79 Å². The van der Waals surface area contributed by atoms with Crippen molar-refractivity contribution in [3.8, 4) is 16.3 Å². The van der Waals surface area contributed by atoms with Crippen LogP contribution in [0.3, 0.4) is 0 Å². The third kappa shape index (κ3) is 6.00. The van der Waals surface area contributed by atoms with Crippen LogP contribution in [-0.2, 0) is 4.74 Å². The smallest absolute Gasteiger partial charge is 0.251 e. The lowest BCUT2D eigenvalue weighted by molar-refractivity contribution is -0.0796. The van der Waals surface area contributed by atoms with Crippen LogP contribution in [-0.4, -0.2) is 43.0 Å². The molecule has 1 aromatic heterocycles. The molecule has 1 unspecified atom stereocenters. The molecular weight excluding hydrogens is 441 g/mol. The van der Waals surface area contributed by atoms with Gasteiger partial charge in [-0.25, -0.2) is 9.37 Å². The number of hydrogen-bond donors (Lipinski definition) is 1. The van der Waals surface area contributed by atoms with Crippen molar-refractivity contribution in [1.82, 2.24) is 10.3 Å². The van der Waals surface area contributed by atoms with Gasteiger partial charge in [-0.05, 0) is 51.8 Å². The maximum absolute atomic E-state index is 13.2. The number of nitrogens with one attached hydrogen (secondary N) is 1. The Labute approximate surface area is 189 Å². The summed E-state index contributed by atoms with van der Waals surface area (Å²) in [5.41, 5.74) is 1.44. The minimum atomic E-state index is -0.594. The molecule has 1 fully saturated rings. The fourth-order valence-electron chi connectivity index (χ4n) is 2.90. The molecule has 164 valence electrons. The summed E-state index contributed by atoms with van der Waals surface area (Å²) in [7, 11) is 0. The fourth-order valence-corrected chi connectivity index (χ4v) is 4.03. The summed E-state index contributed by atoms with van der Waals surface area (Å²) < 4.78 is 24.3. The predicted molar refractivity (Wildman–Crippen MR) is 122 cm³/mol. The van der Waals surface area contributed by atoms with Gasteiger partial charge in [0.15, 0.2) is 0 Å². The lowest BCUT2D eigenvalue weighted by Crippen LogP contribution is -2.38. The fraction of sp³-hybridized carbons (Fsp3) is 0.318. The molecule has 1 aliphatic heterocycles. The number of carbonyl (C=O) groups excluding carboxylic acids is 1. The number of rotatable bonds is 8. The largest absolute Gasteiger partial charge is 0.486 e. The van der Waals surface area contributed by atoms with Crippen molar-refractivity contribution in [2.45, 2.75) is 32.9 Å². The Morgan fingerprint density at radius 3 is 2.77 bits per heavy atom. The normalized spacial score (nSPS) is 16.2. The molecule has 1 aliphatic rings. The summed E-state index contributed by atoms with van der Waals surface area (Å²) >= 11 is 7.65. The molecule has 0 bridgehead atoms. The van der Waals surface area contributed by atoms with Gasteiger partial charge in [0.05, 0.1) is 35.8 Å². The number of halogens is 2. The zero-order valence-electron chi connectivity index (χ0n) is 17.4. The van der Waals surface area contributed by atoms with E-state index in [0.717, 1.165) is 21.5 Å². The first-order chi connectivity index (χ1) is 14.8. The Morgan fingerprint density at radius 1 is 1.48 bits per heavy atom. The standard InChI is InChI=1S/C22H23ClFN3O3S/c1-12(24)5-19(23)20(25-4)14(3)27-21(28)15-6-16(22-26-9-13(2)31-22)8-17(7-15)30-18-10-29-11-18/h5-9,14,18H,4,10-11H2,1-3H3,(H,27,28)/b12-5+,20-19+. The van der Waals surface area contributed by atoms with Crippen LogP contribution in [0.25, 0.3) is 10.6 Å². The Bertz CT molecular complexity index is 1040. The lowest BCUT2D eigenvalue weighted by Gasteiger charge is -2.27. The van der Waals surface area contributed by atoms with Gasteiger partial charge in [0.2, 0.25) is 0 Å². The van der Waals surface area contributed by atoms with Gasteiger partial charge in [-0.2, -0.15) is 0 Å². The lowest BCUT2D eigenvalue weighted by atomic mass is 10.1. The Kier molecular flexibility index (Phi) is 7.59. The van der Waals surface area contributed by atoms with Gasteiger partial charge in [0.1, 0.15) is 16.9 Å². The van der Waals surface area contributed by atoms with Crippen molar-refractivity contribution in [3.63, 3.8) is 0 Å². The number of hydrogen-bond acceptors (Lipinski definition) is 6. The molecule has 0 radical (unpaired) electrons. The summed E-state index contributed by atoms with van der Waals surface area (Å²) in [5, 5.41) is 3.69. The van der Waals surface area contributed by atoms with Crippen molar-refractivity contribution < 1.29 is 18.7 Å². The molecule has 1 atom stereocenters. The maximum Gasteiger partial charge on any atom is 0.251 e. The topological polar surface area (TPSA) is 72.8 Å². The highest BCUT2D eigenvalue weighted by Crippen LogP contribution is 2.30. The quantitative estimate of drug-likeness (QED) is 0.439. The molecule has 2 aromatic rings. The van der Waals surface area contributed by atoms with E-state index in [0.29, 0.717) is 24.5 Å². The number of allylic oxidation sites excluding steroid dienone is 3. The van der Waals surface area contributed by atoms with Gasteiger partial charge in [0.25, 0.3) is 5.91 Å². The molecule has 0 saturated carbocycles. The average molecular weight is 464 g/mol. The molecule has 0 aliphatic carbocycles. The van der Waals surface area contributed by atoms with E-state index in [-0.39, 0.29) is 22.7 Å². The van der Waals surface area contributed by atoms with Gasteiger partial charge < -0.3 is 14.8 Å². The minimum absolute atomic E-state index is 0.0443. The molecule has 1 N–H and O–H groups in total. The molecule has 1 amide bonds. The summed E-state index contributed by atoms with van der Waals surface area (Å²) in [4.78, 5) is 22.3. The Balaban J connectivity index is 1.89. The van der Waals surface area contributed by atoms with E-state index < -0.39 is 11.9 Å². The summed E-state index contributed by atoms with van der Waals surface area (Å²) in [6, 6.07) is 4.69. The first-order valence-electron chi connectivity index (χ1n) is 9.60. The number of aromatic nitrogens is 1. The first-order valence-corrected chi connectivity index (χ1v) is 10.8. The summed E-state index contributed by atoms with van der Waals surface area (Å²) in [6.07, 6.45) is 2.87. The van der Waals surface area contributed by atoms with E-state index in [1.54, 1.807) is 25.3 Å². The van der Waals surface area contributed by atoms with Crippen molar-refractivity contribution in [2.75, 3.05) is 13.2 Å². The van der Waals surface area contributed by atoms with E-state index in [9.17, 15) is 9.18 Å². The highest BCUT2D eigenvalue weighted by molar-refractivity contribution is 7.14. The molecule has 1 saturated heterocycles. The number of carbonyl (C=O) groups is 1. The zero-order chi connectivity index (χ0) is 22.5. The number of ether oxygens (including phenoxy) is 2. The molecule has 0 spiro atoms. The van der Waals surface area contributed by atoms with Crippen LogP contribution in [0, 0.1) is 6.92 Å². The molecule has 31 heavy (non-hydrogen) atoms. The zero-order valence-corrected chi connectivity index (χ0v) is 19.0. The Morgan fingerprint density at radius 2 is 2.23 bits per heavy atom. The van der Waals surface area contributed by atoms with Crippen molar-refractivity contribution >= 4 is 35.6 Å². The van der Waals surface area contributed by atoms with Gasteiger partial charge in [-0.15, -0.1) is 11.3 Å². The van der Waals surface area contributed by atoms with Crippen LogP contribution in [0.4, 0.5) is 4.39 Å². The number of thiazole rings is 1. The van der Waals surface area contributed by atoms with E-state index in [4.69, 9.17) is 21.1 Å². The van der Waals surface area contributed by atoms with Crippen molar-refractivity contribution in [1.29, 1.82) is 0 Å². The van der Waals surface area contributed by atoms with E-state index in [1.807, 2.05) is 13.0 Å². The van der Waals surface area contributed by atoms with Crippen LogP contribution >= 0.6 is 22.9 Å². The maximum atomic E-state index is 13.2. The second-order valence-corrected chi connectivity index (χ2v) is 8.76. The van der Waals surface area contributed by atoms with Gasteiger partial charge in [-0.1, -0.05) is 11.6 Å². The predicted octanol–water partition coefficient (Wildman–Crippen LogP) is 5.04. The third-order valence-electron chi connectivity index (χ3n) is 4.45. The molecule has 6 nitrogen and oxygen atoms in total. The molecular formula is C22H23ClFN3O3S. The monoisotopic (exact) mass is 463 g/mol. The number of aryl methyl sites for hydroxylation is 1. The highest BCUT2D eigenvalue weighted by atomic mass is 35.5. The molecule has 3 rings (SSSR count). The van der Waals surface area contributed by atoms with Crippen molar-refractivity contribution in [3.05, 3.63) is 57.5 Å². The van der Waals surface area contributed by atoms with Crippen LogP contribution in [0.1, 0.15) is 29.1 Å². The molecule has 9 heteroatoms.